The molecule has 15 saturated carbocycles. The van der Waals surface area contributed by atoms with E-state index in [4.69, 9.17) is 20.4 Å². The van der Waals surface area contributed by atoms with Gasteiger partial charge in [-0.15, -0.1) is 0 Å². The third-order valence-corrected chi connectivity index (χ3v) is 33.8. The second kappa shape index (κ2) is 42.4. The molecule has 38 atom stereocenters. The van der Waals surface area contributed by atoms with Crippen molar-refractivity contribution in [1.82, 2.24) is 0 Å². The van der Waals surface area contributed by atoms with Gasteiger partial charge in [-0.05, 0) is 304 Å². The third-order valence-electron chi connectivity index (χ3n) is 33.8. The first kappa shape index (κ1) is 103. The Morgan fingerprint density at radius 1 is 0.315 bits per heavy atom. The maximum atomic E-state index is 11.6. The van der Waals surface area contributed by atoms with Crippen LogP contribution in [0.4, 0.5) is 0 Å². The number of aliphatic hydroxyl groups is 2. The Kier molecular flexibility index (Phi) is 40.3. The fourth-order valence-electron chi connectivity index (χ4n) is 31.0. The average Bonchev–Trinajstić information content (AvgIpc) is 1.60. The highest BCUT2D eigenvalue weighted by atomic mass is 16.4. The molecule has 15 aliphatic carbocycles. The minimum Gasteiger partial charge on any atom is -0.481 e. The van der Waals surface area contributed by atoms with Crippen LogP contribution in [0.25, 0.3) is 0 Å². The lowest BCUT2D eigenvalue weighted by molar-refractivity contribution is -0.159. The molecule has 0 aliphatic heterocycles. The summed E-state index contributed by atoms with van der Waals surface area (Å²) in [6.45, 7) is 24.8. The van der Waals surface area contributed by atoms with Gasteiger partial charge in [-0.1, -0.05) is 208 Å². The zero-order valence-corrected chi connectivity index (χ0v) is 62.4. The fraction of sp³-hybridized carbons (Fsp3) is 0.936. The van der Waals surface area contributed by atoms with Crippen LogP contribution in [0.15, 0.2) is 0 Å². The van der Waals surface area contributed by atoms with E-state index in [2.05, 4.69) is 69.2 Å². The SMILES string of the molecule is C.C.C.C.C.C.C.C.C.C.CCC1CC(CC)C2C3CC(C(C(=O)O)C3C(=O)O)C12.CCC1CC(CC)C2C3CC(CC3C(C)(O)CC(=O)O)C12.CCC1CC(CC)C2C3CC(CC3C(O)CC(=O)O)C12.CCC1CC(CC)C2C3CC(CC3CC(=O)O)C12.CCC1CC(CC)C2C3CC(CC3CCC(=O)O)C12. The third kappa shape index (κ3) is 19.0. The lowest BCUT2D eigenvalue weighted by atomic mass is 9.65. The fourth-order valence-corrected chi connectivity index (χ4v) is 31.0. The van der Waals surface area contributed by atoms with Gasteiger partial charge in [-0.2, -0.15) is 0 Å². The van der Waals surface area contributed by atoms with E-state index in [9.17, 15) is 49.2 Å². The number of hydrogen-bond donors (Lipinski definition) is 8. The second-order valence-corrected chi connectivity index (χ2v) is 36.9. The zero-order chi connectivity index (χ0) is 70.8. The summed E-state index contributed by atoms with van der Waals surface area (Å²) in [4.78, 5) is 66.9. The van der Waals surface area contributed by atoms with E-state index < -0.39 is 59.4 Å². The molecular weight excluding hydrogens is 1350 g/mol. The highest BCUT2D eigenvalue weighted by Gasteiger charge is 2.68. The largest absolute Gasteiger partial charge is 0.481 e. The van der Waals surface area contributed by atoms with Crippen LogP contribution in [0.1, 0.15) is 337 Å². The second-order valence-electron chi connectivity index (χ2n) is 36.9. The summed E-state index contributed by atoms with van der Waals surface area (Å²) in [6.07, 6.45) is 31.2. The van der Waals surface area contributed by atoms with Crippen molar-refractivity contribution < 1.29 is 69.6 Å². The average molecular weight is 1530 g/mol. The van der Waals surface area contributed by atoms with E-state index >= 15 is 0 Å². The molecule has 108 heavy (non-hydrogen) atoms. The Labute approximate surface area is 663 Å². The van der Waals surface area contributed by atoms with Crippen LogP contribution in [0, 0.1) is 213 Å². The summed E-state index contributed by atoms with van der Waals surface area (Å²) < 4.78 is 0. The van der Waals surface area contributed by atoms with Crippen LogP contribution >= 0.6 is 0 Å². The molecule has 636 valence electrons. The molecule has 14 heteroatoms. The van der Waals surface area contributed by atoms with Crippen molar-refractivity contribution >= 4 is 35.8 Å². The number of carboxylic acids is 6. The lowest BCUT2D eigenvalue weighted by Gasteiger charge is -2.42. The Hall–Kier alpha value is -3.26. The zero-order valence-electron chi connectivity index (χ0n) is 62.4. The Bertz CT molecular complexity index is 2730. The first-order valence-electron chi connectivity index (χ1n) is 41.5. The lowest BCUT2D eigenvalue weighted by Crippen LogP contribution is -2.44. The highest BCUT2D eigenvalue weighted by Crippen LogP contribution is 2.72. The van der Waals surface area contributed by atoms with Crippen LogP contribution in [0.2, 0.25) is 0 Å². The van der Waals surface area contributed by atoms with Gasteiger partial charge in [0.2, 0.25) is 0 Å². The van der Waals surface area contributed by atoms with Gasteiger partial charge in [0.1, 0.15) is 0 Å². The molecule has 15 aliphatic rings. The first-order chi connectivity index (χ1) is 46.8. The van der Waals surface area contributed by atoms with Crippen molar-refractivity contribution in [1.29, 1.82) is 0 Å². The molecule has 0 spiro atoms. The molecule has 38 unspecified atom stereocenters. The van der Waals surface area contributed by atoms with Crippen molar-refractivity contribution in [2.75, 3.05) is 0 Å². The van der Waals surface area contributed by atoms with Crippen molar-refractivity contribution in [2.45, 2.75) is 348 Å². The van der Waals surface area contributed by atoms with Crippen molar-refractivity contribution in [2.24, 2.45) is 213 Å². The molecule has 15 fully saturated rings. The summed E-state index contributed by atoms with van der Waals surface area (Å²) in [5.74, 6) is 18.3. The van der Waals surface area contributed by atoms with Gasteiger partial charge in [-0.3, -0.25) is 28.8 Å². The maximum Gasteiger partial charge on any atom is 0.307 e. The minimum atomic E-state index is -1.03. The smallest absolute Gasteiger partial charge is 0.307 e. The minimum absolute atomic E-state index is 0. The number of fused-ring (bicyclic) bond motifs is 25. The Morgan fingerprint density at radius 2 is 0.611 bits per heavy atom. The van der Waals surface area contributed by atoms with Crippen molar-refractivity contribution in [3.63, 3.8) is 0 Å². The Morgan fingerprint density at radius 3 is 0.944 bits per heavy atom. The van der Waals surface area contributed by atoms with E-state index in [0.717, 1.165) is 175 Å². The molecule has 10 bridgehead atoms. The van der Waals surface area contributed by atoms with Crippen LogP contribution in [-0.4, -0.2) is 88.4 Å². The predicted octanol–water partition coefficient (Wildman–Crippen LogP) is 23.8. The normalized spacial score (nSPS) is 43.8. The van der Waals surface area contributed by atoms with E-state index in [0.29, 0.717) is 54.3 Å². The van der Waals surface area contributed by atoms with E-state index in [1.54, 1.807) is 6.92 Å². The molecule has 8 N–H and O–H groups in total. The molecule has 15 rings (SSSR count). The topological polar surface area (TPSA) is 264 Å². The maximum absolute atomic E-state index is 11.6. The number of hydrogen-bond acceptors (Lipinski definition) is 8. The molecule has 0 amide bonds. The standard InChI is InChI=1S/C18H30O3.C17H28O3.C17H28O2.C16H24O4.C16H26O2.10CH4/c1-4-10-6-11(5-2)17-13-7-12(16(10)17)8-14(13)18(3,21)9-15(19)20;1-3-9-5-10(4-2)17-13-7-11(16(9)17)6-12(13)14(18)8-15(19)20;1-3-10-7-11(4-2)17-14-9-13(16(10)17)8-12(14)5-6-15(18)19;1-3-7-5-8(4-2)12-10-6-9(11(7)12)13(15(17)18)14(10)16(19)20;1-3-9-5-10(4-2)16-13-7-12(15(9)16)6-11(13)8-14(17)18;;;;;;;;;;/h10-14,16-17,21H,4-9H2,1-3H3,(H,19,20);9-14,16-18H,3-8H2,1-2H3,(H,19,20);10-14,16-17H,3-9H2,1-2H3,(H,18,19);7-14H,3-6H2,1-2H3,(H,17,18)(H,19,20);9-13,15-16H,3-8H2,1-2H3,(H,17,18);10*1H4. The molecule has 0 aromatic rings. The van der Waals surface area contributed by atoms with Crippen LogP contribution in [0.5, 0.6) is 0 Å². The van der Waals surface area contributed by atoms with E-state index in [1.165, 1.54) is 122 Å². The molecule has 14 nitrogen and oxygen atoms in total. The van der Waals surface area contributed by atoms with Crippen molar-refractivity contribution in [3.8, 4) is 0 Å². The number of carbonyl (C=O) groups is 6. The molecule has 0 saturated heterocycles. The molecule has 0 radical (unpaired) electrons. The summed E-state index contributed by atoms with van der Waals surface area (Å²) >= 11 is 0. The van der Waals surface area contributed by atoms with E-state index in [-0.39, 0.29) is 111 Å². The first-order valence-corrected chi connectivity index (χ1v) is 41.5. The molecule has 0 heterocycles. The van der Waals surface area contributed by atoms with Crippen LogP contribution in [-0.2, 0) is 28.8 Å². The number of aliphatic hydroxyl groups excluding tert-OH is 1. The summed E-state index contributed by atoms with van der Waals surface area (Å²) in [5.41, 5.74) is -1.03. The quantitative estimate of drug-likeness (QED) is 0.0473. The molecule has 0 aromatic carbocycles. The van der Waals surface area contributed by atoms with E-state index in [1.807, 2.05) is 0 Å². The van der Waals surface area contributed by atoms with Crippen molar-refractivity contribution in [3.05, 3.63) is 0 Å². The predicted molar refractivity (Wildman–Crippen MR) is 446 cm³/mol. The summed E-state index contributed by atoms with van der Waals surface area (Å²) in [5, 5.41) is 76.0. The summed E-state index contributed by atoms with van der Waals surface area (Å²) in [6, 6.07) is 0. The highest BCUT2D eigenvalue weighted by molar-refractivity contribution is 5.82. The van der Waals surface area contributed by atoms with Gasteiger partial charge in [0.15, 0.2) is 0 Å². The monoisotopic (exact) mass is 1530 g/mol. The molecular formula is C94H176O14. The van der Waals surface area contributed by atoms with Gasteiger partial charge in [0.05, 0.1) is 36.4 Å². The van der Waals surface area contributed by atoms with Gasteiger partial charge in [-0.25, -0.2) is 0 Å². The van der Waals surface area contributed by atoms with Gasteiger partial charge in [0, 0.05) is 12.8 Å². The van der Waals surface area contributed by atoms with Crippen LogP contribution < -0.4 is 0 Å². The summed E-state index contributed by atoms with van der Waals surface area (Å²) in [7, 11) is 0. The number of rotatable bonds is 23. The van der Waals surface area contributed by atoms with Gasteiger partial charge >= 0.3 is 35.8 Å². The Balaban J connectivity index is 0.000000660. The van der Waals surface area contributed by atoms with Gasteiger partial charge in [0.25, 0.3) is 0 Å². The number of carboxylic acid groups (broad SMARTS) is 6. The van der Waals surface area contributed by atoms with Crippen LogP contribution in [0.3, 0.4) is 0 Å². The van der Waals surface area contributed by atoms with Gasteiger partial charge < -0.3 is 40.9 Å². The number of aliphatic carboxylic acids is 6. The molecule has 0 aromatic heterocycles.